The molecule has 1 fully saturated rings. The van der Waals surface area contributed by atoms with Gasteiger partial charge in [0.15, 0.2) is 6.04 Å². The lowest BCUT2D eigenvalue weighted by atomic mass is 10.3. The number of rotatable bonds is 5. The summed E-state index contributed by atoms with van der Waals surface area (Å²) in [6.07, 6.45) is -0.476. The maximum absolute atomic E-state index is 11.8. The van der Waals surface area contributed by atoms with Crippen LogP contribution in [0.3, 0.4) is 0 Å². The molecule has 2 unspecified atom stereocenters. The average molecular weight is 262 g/mol. The van der Waals surface area contributed by atoms with Crippen molar-refractivity contribution >= 4 is 12.0 Å². The van der Waals surface area contributed by atoms with Crippen molar-refractivity contribution in [2.24, 2.45) is 0 Å². The summed E-state index contributed by atoms with van der Waals surface area (Å²) in [6.45, 7) is -0.0203. The lowest BCUT2D eigenvalue weighted by Crippen LogP contribution is -2.49. The fraction of sp³-hybridized carbons (Fsp3) is 0.800. The highest BCUT2D eigenvalue weighted by Gasteiger charge is 2.36. The molecule has 1 rings (SSSR count). The second-order valence-corrected chi connectivity index (χ2v) is 3.98. The Morgan fingerprint density at radius 3 is 2.17 bits per heavy atom. The van der Waals surface area contributed by atoms with Crippen molar-refractivity contribution in [2.75, 3.05) is 33.9 Å². The number of carboxylic acids is 1. The van der Waals surface area contributed by atoms with Crippen molar-refractivity contribution in [1.29, 1.82) is 0 Å². The number of hydrogen-bond acceptors (Lipinski definition) is 5. The molecule has 0 saturated carbocycles. The first-order valence-corrected chi connectivity index (χ1v) is 5.48. The van der Waals surface area contributed by atoms with Crippen LogP contribution in [0.1, 0.15) is 0 Å². The van der Waals surface area contributed by atoms with E-state index in [9.17, 15) is 9.59 Å². The van der Waals surface area contributed by atoms with E-state index in [1.807, 2.05) is 0 Å². The Labute approximate surface area is 104 Å². The van der Waals surface area contributed by atoms with E-state index < -0.39 is 24.6 Å². The third kappa shape index (κ3) is 3.31. The van der Waals surface area contributed by atoms with E-state index in [0.717, 1.165) is 0 Å². The minimum absolute atomic E-state index is 0.238. The number of aliphatic carboxylic acids is 1. The van der Waals surface area contributed by atoms with Gasteiger partial charge in [-0.15, -0.1) is 0 Å². The molecular weight excluding hydrogens is 244 g/mol. The Morgan fingerprint density at radius 2 is 1.83 bits per heavy atom. The van der Waals surface area contributed by atoms with Gasteiger partial charge in [-0.3, -0.25) is 0 Å². The number of carbonyl (C=O) groups excluding carboxylic acids is 1. The number of methoxy groups -OCH3 is 2. The van der Waals surface area contributed by atoms with Gasteiger partial charge in [0.1, 0.15) is 12.2 Å². The smallest absolute Gasteiger partial charge is 0.328 e. The molecule has 1 heterocycles. The van der Waals surface area contributed by atoms with Crippen LogP contribution < -0.4 is 5.32 Å². The standard InChI is InChI=1S/C10H18N2O6/c1-17-7-3-12(4-8(7)18-2)10(16)11-6(5-13)9(14)15/h6-8,13H,3-5H2,1-2H3,(H,11,16)(H,14,15)/t6-,7?,8?/m1/s1. The number of aliphatic hydroxyl groups excluding tert-OH is 1. The van der Waals surface area contributed by atoms with Gasteiger partial charge in [0, 0.05) is 14.2 Å². The molecule has 3 N–H and O–H groups in total. The highest BCUT2D eigenvalue weighted by molar-refractivity contribution is 5.82. The maximum atomic E-state index is 11.8. The summed E-state index contributed by atoms with van der Waals surface area (Å²) in [4.78, 5) is 23.8. The minimum Gasteiger partial charge on any atom is -0.480 e. The molecule has 1 aliphatic rings. The molecule has 18 heavy (non-hydrogen) atoms. The fourth-order valence-electron chi connectivity index (χ4n) is 1.79. The van der Waals surface area contributed by atoms with Crippen LogP contribution in [-0.4, -0.2) is 79.3 Å². The first kappa shape index (κ1) is 14.7. The SMILES string of the molecule is COC1CN(C(=O)N[C@H](CO)C(=O)O)CC1OC. The third-order valence-corrected chi connectivity index (χ3v) is 2.89. The number of nitrogens with zero attached hydrogens (tertiary/aromatic N) is 1. The molecule has 3 atom stereocenters. The fourth-order valence-corrected chi connectivity index (χ4v) is 1.79. The quantitative estimate of drug-likeness (QED) is 0.555. The zero-order chi connectivity index (χ0) is 13.7. The number of ether oxygens (including phenoxy) is 2. The summed E-state index contributed by atoms with van der Waals surface area (Å²) >= 11 is 0. The van der Waals surface area contributed by atoms with E-state index in [1.165, 1.54) is 19.1 Å². The van der Waals surface area contributed by atoms with E-state index in [0.29, 0.717) is 13.1 Å². The molecule has 0 aromatic heterocycles. The predicted octanol–water partition coefficient (Wildman–Crippen LogP) is -1.51. The minimum atomic E-state index is -1.31. The first-order valence-electron chi connectivity index (χ1n) is 5.48. The summed E-state index contributed by atoms with van der Waals surface area (Å²) in [6, 6.07) is -1.86. The van der Waals surface area contributed by atoms with Crippen LogP contribution in [0, 0.1) is 0 Å². The number of hydrogen-bond donors (Lipinski definition) is 3. The molecule has 0 aliphatic carbocycles. The largest absolute Gasteiger partial charge is 0.480 e. The maximum Gasteiger partial charge on any atom is 0.328 e. The molecule has 2 amide bonds. The highest BCUT2D eigenvalue weighted by atomic mass is 16.5. The Kier molecular flexibility index (Phi) is 5.32. The van der Waals surface area contributed by atoms with E-state index in [1.54, 1.807) is 0 Å². The van der Waals surface area contributed by atoms with Crippen molar-refractivity contribution < 1.29 is 29.3 Å². The molecule has 0 aromatic carbocycles. The molecule has 1 saturated heterocycles. The van der Waals surface area contributed by atoms with Crippen LogP contribution >= 0.6 is 0 Å². The van der Waals surface area contributed by atoms with Gasteiger partial charge >= 0.3 is 12.0 Å². The van der Waals surface area contributed by atoms with Crippen LogP contribution in [0.25, 0.3) is 0 Å². The third-order valence-electron chi connectivity index (χ3n) is 2.89. The van der Waals surface area contributed by atoms with Gasteiger partial charge in [-0.1, -0.05) is 0 Å². The van der Waals surface area contributed by atoms with Crippen LogP contribution in [0.4, 0.5) is 4.79 Å². The van der Waals surface area contributed by atoms with Gasteiger partial charge in [0.25, 0.3) is 0 Å². The topological polar surface area (TPSA) is 108 Å². The Morgan fingerprint density at radius 1 is 1.33 bits per heavy atom. The zero-order valence-corrected chi connectivity index (χ0v) is 10.3. The van der Waals surface area contributed by atoms with Crippen LogP contribution in [0.2, 0.25) is 0 Å². The first-order chi connectivity index (χ1) is 8.53. The molecule has 1 aliphatic heterocycles. The summed E-state index contributed by atoms with van der Waals surface area (Å²) < 4.78 is 10.3. The number of likely N-dealkylation sites (tertiary alicyclic amines) is 1. The highest BCUT2D eigenvalue weighted by Crippen LogP contribution is 2.15. The average Bonchev–Trinajstić information content (AvgIpc) is 2.78. The monoisotopic (exact) mass is 262 g/mol. The second kappa shape index (κ2) is 6.53. The Hall–Kier alpha value is -1.38. The van der Waals surface area contributed by atoms with Gasteiger partial charge in [0.2, 0.25) is 0 Å². The lowest BCUT2D eigenvalue weighted by molar-refractivity contribution is -0.140. The van der Waals surface area contributed by atoms with Crippen molar-refractivity contribution in [1.82, 2.24) is 10.2 Å². The van der Waals surface area contributed by atoms with Crippen molar-refractivity contribution in [2.45, 2.75) is 18.2 Å². The number of aliphatic hydroxyl groups is 1. The van der Waals surface area contributed by atoms with Gasteiger partial charge in [-0.25, -0.2) is 9.59 Å². The molecule has 8 heteroatoms. The molecule has 0 aromatic rings. The normalized spacial score (nSPS) is 24.9. The molecule has 8 nitrogen and oxygen atoms in total. The van der Waals surface area contributed by atoms with E-state index in [4.69, 9.17) is 19.7 Å². The predicted molar refractivity (Wildman–Crippen MR) is 60.2 cm³/mol. The van der Waals surface area contributed by atoms with Gasteiger partial charge in [-0.05, 0) is 0 Å². The molecule has 0 bridgehead atoms. The molecular formula is C10H18N2O6. The van der Waals surface area contributed by atoms with Gasteiger partial charge < -0.3 is 29.9 Å². The number of carbonyl (C=O) groups is 2. The Bertz CT molecular complexity index is 299. The number of urea groups is 1. The second-order valence-electron chi connectivity index (χ2n) is 3.98. The summed E-state index contributed by atoms with van der Waals surface area (Å²) in [5.41, 5.74) is 0. The van der Waals surface area contributed by atoms with Gasteiger partial charge in [0.05, 0.1) is 19.7 Å². The van der Waals surface area contributed by atoms with Crippen LogP contribution in [-0.2, 0) is 14.3 Å². The summed E-state index contributed by atoms with van der Waals surface area (Å²) in [5, 5.41) is 19.8. The number of nitrogens with one attached hydrogen (secondary N) is 1. The molecule has 0 radical (unpaired) electrons. The van der Waals surface area contributed by atoms with E-state index in [-0.39, 0.29) is 12.2 Å². The number of amides is 2. The zero-order valence-electron chi connectivity index (χ0n) is 10.3. The van der Waals surface area contributed by atoms with E-state index >= 15 is 0 Å². The molecule has 0 spiro atoms. The van der Waals surface area contributed by atoms with Crippen molar-refractivity contribution in [3.8, 4) is 0 Å². The number of carboxylic acid groups (broad SMARTS) is 1. The summed E-state index contributed by atoms with van der Waals surface area (Å²) in [5.74, 6) is -1.28. The van der Waals surface area contributed by atoms with Crippen LogP contribution in [0.15, 0.2) is 0 Å². The van der Waals surface area contributed by atoms with E-state index in [2.05, 4.69) is 5.32 Å². The van der Waals surface area contributed by atoms with Crippen molar-refractivity contribution in [3.05, 3.63) is 0 Å². The van der Waals surface area contributed by atoms with Crippen molar-refractivity contribution in [3.63, 3.8) is 0 Å². The molecule has 104 valence electrons. The Balaban J connectivity index is 2.55. The summed E-state index contributed by atoms with van der Waals surface area (Å²) in [7, 11) is 3.04. The lowest BCUT2D eigenvalue weighted by Gasteiger charge is -2.19. The van der Waals surface area contributed by atoms with Crippen LogP contribution in [0.5, 0.6) is 0 Å². The van der Waals surface area contributed by atoms with Gasteiger partial charge in [-0.2, -0.15) is 0 Å².